The van der Waals surface area contributed by atoms with Crippen LogP contribution < -0.4 is 10.2 Å². The van der Waals surface area contributed by atoms with Crippen LogP contribution in [0.15, 0.2) is 53.6 Å². The molecule has 6 atom stereocenters. The number of likely N-dealkylation sites (tertiary alicyclic amines) is 1. The second-order valence-corrected chi connectivity index (χ2v) is 11.1. The van der Waals surface area contributed by atoms with Gasteiger partial charge >= 0.3 is 6.03 Å². The number of carbonyl (C=O) groups excluding carboxylic acids is 1. The highest BCUT2D eigenvalue weighted by Crippen LogP contribution is 2.78. The molecule has 6 unspecified atom stereocenters. The van der Waals surface area contributed by atoms with Gasteiger partial charge in [-0.3, -0.25) is 9.80 Å². The fourth-order valence-corrected chi connectivity index (χ4v) is 8.32. The number of hydrogen-bond acceptors (Lipinski definition) is 5. The van der Waals surface area contributed by atoms with Crippen molar-refractivity contribution < 1.29 is 20.1 Å². The van der Waals surface area contributed by atoms with Crippen LogP contribution >= 0.6 is 0 Å². The first-order valence-electron chi connectivity index (χ1n) is 12.0. The predicted octanol–water partition coefficient (Wildman–Crippen LogP) is 1.80. The molecular formula is C26H33N3O4. The Bertz CT molecular complexity index is 1070. The molecule has 0 radical (unpaired) electrons. The van der Waals surface area contributed by atoms with Gasteiger partial charge in [-0.15, -0.1) is 0 Å². The van der Waals surface area contributed by atoms with Crippen molar-refractivity contribution in [1.82, 2.24) is 10.2 Å². The maximum Gasteiger partial charge on any atom is 0.322 e. The fourth-order valence-electron chi connectivity index (χ4n) is 8.32. The third-order valence-corrected chi connectivity index (χ3v) is 9.48. The quantitative estimate of drug-likeness (QED) is 0.562. The number of fused-ring (bicyclic) bond motifs is 1. The molecule has 1 aromatic carbocycles. The van der Waals surface area contributed by atoms with E-state index in [1.54, 1.807) is 11.9 Å². The zero-order chi connectivity index (χ0) is 23.2. The summed E-state index contributed by atoms with van der Waals surface area (Å²) < 4.78 is 0. The van der Waals surface area contributed by atoms with E-state index < -0.39 is 22.7 Å². The molecule has 4 N–H and O–H groups in total. The summed E-state index contributed by atoms with van der Waals surface area (Å²) in [7, 11) is 3.81. The molecule has 1 aromatic rings. The highest BCUT2D eigenvalue weighted by Gasteiger charge is 2.81. The monoisotopic (exact) mass is 451 g/mol. The Kier molecular flexibility index (Phi) is 4.33. The molecule has 2 saturated carbocycles. The van der Waals surface area contributed by atoms with E-state index in [0.29, 0.717) is 25.7 Å². The Morgan fingerprint density at radius 1 is 1.24 bits per heavy atom. The number of nitrogens with one attached hydrogen (secondary N) is 1. The molecule has 7 nitrogen and oxygen atoms in total. The second kappa shape index (κ2) is 6.69. The molecule has 1 saturated heterocycles. The highest BCUT2D eigenvalue weighted by molar-refractivity contribution is 5.91. The van der Waals surface area contributed by atoms with E-state index in [2.05, 4.69) is 23.3 Å². The molecule has 176 valence electrons. The molecule has 2 amide bonds. The summed E-state index contributed by atoms with van der Waals surface area (Å²) in [5.74, 6) is 0. The van der Waals surface area contributed by atoms with Gasteiger partial charge in [0.05, 0.1) is 23.9 Å². The maximum absolute atomic E-state index is 13.2. The van der Waals surface area contributed by atoms with Gasteiger partial charge in [0.1, 0.15) is 0 Å². The third kappa shape index (κ3) is 2.51. The average molecular weight is 452 g/mol. The molecule has 4 aliphatic carbocycles. The van der Waals surface area contributed by atoms with Crippen molar-refractivity contribution in [3.63, 3.8) is 0 Å². The molecule has 1 aliphatic heterocycles. The lowest BCUT2D eigenvalue weighted by Gasteiger charge is -2.64. The highest BCUT2D eigenvalue weighted by atomic mass is 16.3. The fraction of sp³-hybridized carbons (Fsp3) is 0.577. The van der Waals surface area contributed by atoms with Gasteiger partial charge in [-0.05, 0) is 56.9 Å². The van der Waals surface area contributed by atoms with Crippen molar-refractivity contribution in [3.05, 3.63) is 53.6 Å². The number of rotatable bonds is 3. The van der Waals surface area contributed by atoms with Crippen LogP contribution in [0.5, 0.6) is 0 Å². The number of hydrogen-bond donors (Lipinski definition) is 4. The van der Waals surface area contributed by atoms with Gasteiger partial charge in [0.2, 0.25) is 0 Å². The number of amides is 2. The van der Waals surface area contributed by atoms with E-state index in [-0.39, 0.29) is 24.1 Å². The summed E-state index contributed by atoms with van der Waals surface area (Å²) in [4.78, 5) is 17.1. The molecule has 2 bridgehead atoms. The normalized spacial score (nSPS) is 42.9. The Hall–Kier alpha value is -2.19. The lowest BCUT2D eigenvalue weighted by atomic mass is 9.51. The lowest BCUT2D eigenvalue weighted by Crippen LogP contribution is -2.74. The zero-order valence-corrected chi connectivity index (χ0v) is 19.3. The van der Waals surface area contributed by atoms with Crippen LogP contribution in [0.25, 0.3) is 0 Å². The van der Waals surface area contributed by atoms with E-state index >= 15 is 0 Å². The molecule has 0 aromatic heterocycles. The summed E-state index contributed by atoms with van der Waals surface area (Å²) in [5, 5.41) is 36.5. The first kappa shape index (κ1) is 21.4. The summed E-state index contributed by atoms with van der Waals surface area (Å²) in [6, 6.07) is 9.22. The minimum Gasteiger partial charge on any atom is -0.394 e. The number of aliphatic hydroxyl groups excluding tert-OH is 2. The van der Waals surface area contributed by atoms with Crippen LogP contribution in [0.3, 0.4) is 0 Å². The number of urea groups is 1. The summed E-state index contributed by atoms with van der Waals surface area (Å²) in [5.41, 5.74) is 0.812. The molecular weight excluding hydrogens is 418 g/mol. The third-order valence-electron chi connectivity index (χ3n) is 9.48. The van der Waals surface area contributed by atoms with Gasteiger partial charge in [0.25, 0.3) is 0 Å². The topological polar surface area (TPSA) is 96.3 Å². The first-order chi connectivity index (χ1) is 15.7. The van der Waals surface area contributed by atoms with Crippen LogP contribution in [0, 0.1) is 10.8 Å². The molecule has 33 heavy (non-hydrogen) atoms. The average Bonchev–Trinajstić information content (AvgIpc) is 3.17. The van der Waals surface area contributed by atoms with E-state index in [1.165, 1.54) is 5.57 Å². The predicted molar refractivity (Wildman–Crippen MR) is 125 cm³/mol. The maximum atomic E-state index is 13.2. The van der Waals surface area contributed by atoms with E-state index in [0.717, 1.165) is 24.2 Å². The Morgan fingerprint density at radius 3 is 2.70 bits per heavy atom. The number of allylic oxidation sites excluding steroid dienone is 1. The molecule has 2 spiro atoms. The SMILES string of the molecule is CN(C(=O)NC1(CO)CCC2(O)C3N(C)CC34CC2(C1)C1=C4C=CC(O)C1)c1ccccc1. The zero-order valence-electron chi connectivity index (χ0n) is 19.3. The van der Waals surface area contributed by atoms with Gasteiger partial charge in [-0.2, -0.15) is 0 Å². The van der Waals surface area contributed by atoms with Crippen molar-refractivity contribution in [2.45, 2.75) is 55.4 Å². The van der Waals surface area contributed by atoms with Gasteiger partial charge in [-0.1, -0.05) is 35.9 Å². The number of carbonyl (C=O) groups is 1. The Labute approximate surface area is 194 Å². The lowest BCUT2D eigenvalue weighted by molar-refractivity contribution is -0.171. The molecule has 3 fully saturated rings. The standard InChI is InChI=1S/C26H33N3O4/c1-28-15-24-14-25(20-12-18(31)8-9-19(20)24)13-23(16-30,10-11-26(25,33)21(24)28)27-22(32)29(2)17-6-4-3-5-7-17/h3-9,18,21,30-31,33H,10-16H2,1-2H3,(H,27,32). The van der Waals surface area contributed by atoms with Gasteiger partial charge in [-0.25, -0.2) is 4.79 Å². The van der Waals surface area contributed by atoms with Crippen LogP contribution in [-0.4, -0.2) is 76.8 Å². The number of likely N-dealkylation sites (N-methyl/N-ethyl adjacent to an activating group) is 1. The number of benzene rings is 1. The van der Waals surface area contributed by atoms with Crippen LogP contribution in [-0.2, 0) is 0 Å². The van der Waals surface area contributed by atoms with Crippen molar-refractivity contribution >= 4 is 11.7 Å². The summed E-state index contributed by atoms with van der Waals surface area (Å²) in [6.45, 7) is 0.712. The van der Waals surface area contributed by atoms with Crippen molar-refractivity contribution in [2.24, 2.45) is 10.8 Å². The molecule has 1 heterocycles. The number of aliphatic hydroxyl groups is 3. The van der Waals surface area contributed by atoms with E-state index in [4.69, 9.17) is 0 Å². The number of nitrogens with zero attached hydrogens (tertiary/aromatic N) is 2. The van der Waals surface area contributed by atoms with Crippen LogP contribution in [0.1, 0.15) is 32.1 Å². The first-order valence-corrected chi connectivity index (χ1v) is 12.0. The minimum atomic E-state index is -0.918. The van der Waals surface area contributed by atoms with E-state index in [1.807, 2.05) is 36.4 Å². The van der Waals surface area contributed by atoms with Gasteiger partial charge in [0.15, 0.2) is 0 Å². The summed E-state index contributed by atoms with van der Waals surface area (Å²) in [6.07, 6.45) is 6.23. The molecule has 7 heteroatoms. The van der Waals surface area contributed by atoms with Gasteiger partial charge in [0, 0.05) is 36.2 Å². The number of para-hydroxylation sites is 1. The Balaban J connectivity index is 1.37. The minimum absolute atomic E-state index is 0.0445. The number of anilines is 1. The van der Waals surface area contributed by atoms with Crippen molar-refractivity contribution in [3.8, 4) is 0 Å². The van der Waals surface area contributed by atoms with E-state index in [9.17, 15) is 20.1 Å². The van der Waals surface area contributed by atoms with Crippen molar-refractivity contribution in [2.75, 3.05) is 32.1 Å². The summed E-state index contributed by atoms with van der Waals surface area (Å²) >= 11 is 0. The second-order valence-electron chi connectivity index (χ2n) is 11.1. The van der Waals surface area contributed by atoms with Crippen molar-refractivity contribution in [1.29, 1.82) is 0 Å². The van der Waals surface area contributed by atoms with Gasteiger partial charge < -0.3 is 20.6 Å². The van der Waals surface area contributed by atoms with Crippen LogP contribution in [0.4, 0.5) is 10.5 Å². The molecule has 6 rings (SSSR count). The molecule has 5 aliphatic rings. The van der Waals surface area contributed by atoms with Crippen LogP contribution in [0.2, 0.25) is 0 Å². The largest absolute Gasteiger partial charge is 0.394 e. The smallest absolute Gasteiger partial charge is 0.322 e. The Morgan fingerprint density at radius 2 is 2.00 bits per heavy atom.